The molecule has 2 aliphatic heterocycles. The molecule has 4 aromatic rings. The van der Waals surface area contributed by atoms with Crippen LogP contribution in [0.1, 0.15) is 12.5 Å². The molecule has 2 saturated heterocycles. The van der Waals surface area contributed by atoms with Gasteiger partial charge in [-0.2, -0.15) is 4.98 Å². The predicted octanol–water partition coefficient (Wildman–Crippen LogP) is -1.29. The topological polar surface area (TPSA) is 309 Å². The van der Waals surface area contributed by atoms with Crippen LogP contribution in [0.3, 0.4) is 0 Å². The van der Waals surface area contributed by atoms with Gasteiger partial charge in [-0.05, 0) is 0 Å². The van der Waals surface area contributed by atoms with Gasteiger partial charge in [-0.3, -0.25) is 32.6 Å². The van der Waals surface area contributed by atoms with Crippen molar-refractivity contribution in [2.75, 3.05) is 45.1 Å². The highest BCUT2D eigenvalue weighted by Crippen LogP contribution is 2.51. The average molecular weight is 703 g/mol. The molecule has 6 heterocycles. The van der Waals surface area contributed by atoms with Gasteiger partial charge >= 0.3 is 15.2 Å². The van der Waals surface area contributed by atoms with Crippen LogP contribution >= 0.6 is 15.2 Å². The van der Waals surface area contributed by atoms with Crippen LogP contribution in [0, 0.1) is 0 Å². The number of aliphatic hydroxyl groups excluding tert-OH is 2. The second kappa shape index (κ2) is 12.6. The fraction of sp³-hybridized carbons (Fsp3) is 0.565. The smallest absolute Gasteiger partial charge is 0.328 e. The third-order valence-corrected chi connectivity index (χ3v) is 9.42. The van der Waals surface area contributed by atoms with Gasteiger partial charge in [0.2, 0.25) is 5.95 Å². The average Bonchev–Trinajstić information content (AvgIpc) is 3.75. The van der Waals surface area contributed by atoms with Crippen LogP contribution in [0.2, 0.25) is 0 Å². The van der Waals surface area contributed by atoms with E-state index < -0.39 is 83.0 Å². The van der Waals surface area contributed by atoms with Crippen molar-refractivity contribution >= 4 is 49.3 Å². The molecule has 22 nitrogen and oxygen atoms in total. The van der Waals surface area contributed by atoms with Gasteiger partial charge in [-0.1, -0.05) is 0 Å². The highest BCUT2D eigenvalue weighted by molar-refractivity contribution is 7.53. The summed E-state index contributed by atoms with van der Waals surface area (Å²) in [5, 5.41) is 21.5. The van der Waals surface area contributed by atoms with Gasteiger partial charge in [0.05, 0.1) is 25.9 Å². The van der Waals surface area contributed by atoms with Gasteiger partial charge in [0.1, 0.15) is 48.5 Å². The Morgan fingerprint density at radius 1 is 0.915 bits per heavy atom. The van der Waals surface area contributed by atoms with E-state index in [1.807, 2.05) is 0 Å². The van der Waals surface area contributed by atoms with Crippen LogP contribution in [0.15, 0.2) is 23.8 Å². The van der Waals surface area contributed by atoms with E-state index in [-0.39, 0.29) is 34.1 Å². The van der Waals surface area contributed by atoms with Crippen molar-refractivity contribution in [3.05, 3.63) is 29.3 Å². The molecular formula is C23H32N10O12P2. The number of nitrogens with one attached hydrogen (secondary N) is 1. The first-order valence-electron chi connectivity index (χ1n) is 13.9. The number of ether oxygens (including phenoxy) is 3. The zero-order valence-corrected chi connectivity index (χ0v) is 26.7. The largest absolute Gasteiger partial charge is 0.387 e. The molecule has 0 bridgehead atoms. The summed E-state index contributed by atoms with van der Waals surface area (Å²) in [6.07, 6.45) is -6.08. The summed E-state index contributed by atoms with van der Waals surface area (Å²) in [7, 11) is -6.69. The highest BCUT2D eigenvalue weighted by atomic mass is 31.2. The lowest BCUT2D eigenvalue weighted by molar-refractivity contribution is -0.0565. The van der Waals surface area contributed by atoms with Crippen LogP contribution in [-0.4, -0.2) is 124 Å². The lowest BCUT2D eigenvalue weighted by Crippen LogP contribution is -2.37. The number of rotatable bonds is 11. The first-order chi connectivity index (χ1) is 22.2. The van der Waals surface area contributed by atoms with Crippen molar-refractivity contribution in [1.82, 2.24) is 39.0 Å². The monoisotopic (exact) mass is 702 g/mol. The van der Waals surface area contributed by atoms with E-state index in [0.29, 0.717) is 0 Å². The molecule has 0 spiro atoms. The summed E-state index contributed by atoms with van der Waals surface area (Å²) in [6.45, 7) is 1.15. The quantitative estimate of drug-likeness (QED) is 0.0990. The van der Waals surface area contributed by atoms with E-state index in [9.17, 15) is 29.0 Å². The molecule has 8 N–H and O–H groups in total. The predicted molar refractivity (Wildman–Crippen MR) is 159 cm³/mol. The van der Waals surface area contributed by atoms with Crippen LogP contribution in [0.25, 0.3) is 22.3 Å². The first-order valence-corrected chi connectivity index (χ1v) is 17.9. The van der Waals surface area contributed by atoms with E-state index in [0.717, 1.165) is 13.3 Å². The molecule has 2 fully saturated rings. The van der Waals surface area contributed by atoms with Crippen molar-refractivity contribution in [3.8, 4) is 0 Å². The summed E-state index contributed by atoms with van der Waals surface area (Å²) in [5.74, 6) is -0.0807. The van der Waals surface area contributed by atoms with Crippen LogP contribution in [-0.2, 0) is 36.9 Å². The van der Waals surface area contributed by atoms with Crippen molar-refractivity contribution in [1.29, 1.82) is 0 Å². The Hall–Kier alpha value is -3.40. The van der Waals surface area contributed by atoms with Crippen molar-refractivity contribution in [2.45, 2.75) is 49.1 Å². The molecule has 24 heteroatoms. The number of aliphatic hydroxyl groups is 2. The number of hydrogen-bond donors (Lipinski definition) is 6. The van der Waals surface area contributed by atoms with E-state index in [1.54, 1.807) is 0 Å². The molecular weight excluding hydrogens is 670 g/mol. The molecule has 47 heavy (non-hydrogen) atoms. The molecule has 0 saturated carbocycles. The zero-order valence-electron chi connectivity index (χ0n) is 25.0. The van der Waals surface area contributed by atoms with Gasteiger partial charge in [0, 0.05) is 20.4 Å². The molecule has 10 atom stereocenters. The molecule has 2 aliphatic rings. The molecule has 2 unspecified atom stereocenters. The fourth-order valence-corrected chi connectivity index (χ4v) is 7.00. The van der Waals surface area contributed by atoms with Crippen LogP contribution < -0.4 is 17.0 Å². The maximum atomic E-state index is 13.7. The molecule has 0 aliphatic carbocycles. The minimum Gasteiger partial charge on any atom is -0.387 e. The van der Waals surface area contributed by atoms with Crippen LogP contribution in [0.4, 0.5) is 11.8 Å². The van der Waals surface area contributed by atoms with Crippen molar-refractivity contribution < 1.29 is 52.0 Å². The Labute approximate surface area is 264 Å². The third kappa shape index (κ3) is 6.54. The third-order valence-electron chi connectivity index (χ3n) is 7.55. The Kier molecular flexibility index (Phi) is 8.96. The number of aromatic nitrogens is 8. The maximum absolute atomic E-state index is 13.7. The summed E-state index contributed by atoms with van der Waals surface area (Å²) in [6, 6.07) is 0. The summed E-state index contributed by atoms with van der Waals surface area (Å²) < 4.78 is 62.6. The Morgan fingerprint density at radius 3 is 2.28 bits per heavy atom. The lowest BCUT2D eigenvalue weighted by atomic mass is 10.1. The zero-order chi connectivity index (χ0) is 33.8. The number of nitrogens with two attached hydrogens (primary N) is 2. The van der Waals surface area contributed by atoms with Crippen molar-refractivity contribution in [3.63, 3.8) is 0 Å². The molecule has 256 valence electrons. The minimum atomic E-state index is -4.07. The number of hydrogen-bond acceptors (Lipinski definition) is 18. The number of fused-ring (bicyclic) bond motifs is 2. The number of aromatic amines is 1. The Bertz CT molecular complexity index is 1930. The van der Waals surface area contributed by atoms with E-state index in [4.69, 9.17) is 39.2 Å². The first kappa shape index (κ1) is 33.5. The molecule has 0 amide bonds. The van der Waals surface area contributed by atoms with E-state index in [2.05, 4.69) is 29.9 Å². The summed E-state index contributed by atoms with van der Waals surface area (Å²) >= 11 is 0. The van der Waals surface area contributed by atoms with Gasteiger partial charge in [-0.15, -0.1) is 0 Å². The lowest BCUT2D eigenvalue weighted by Gasteiger charge is -2.27. The minimum absolute atomic E-state index is 0.00236. The highest BCUT2D eigenvalue weighted by Gasteiger charge is 2.51. The summed E-state index contributed by atoms with van der Waals surface area (Å²) in [5.41, 5.74) is 11.5. The number of nitrogen functional groups attached to an aromatic ring is 2. The van der Waals surface area contributed by atoms with E-state index >= 15 is 0 Å². The molecule has 0 radical (unpaired) electrons. The van der Waals surface area contributed by atoms with Gasteiger partial charge in [-0.25, -0.2) is 19.9 Å². The number of methoxy groups -OCH3 is 1. The number of imidazole rings is 2. The molecule has 4 aromatic heterocycles. The molecule has 0 aromatic carbocycles. The van der Waals surface area contributed by atoms with Gasteiger partial charge in [0.25, 0.3) is 5.56 Å². The maximum Gasteiger partial charge on any atom is 0.328 e. The number of nitrogens with zero attached hydrogens (tertiary/aromatic N) is 7. The van der Waals surface area contributed by atoms with Gasteiger partial charge in [0.15, 0.2) is 35.1 Å². The Balaban J connectivity index is 1.20. The fourth-order valence-electron chi connectivity index (χ4n) is 5.40. The molecule has 6 rings (SSSR count). The van der Waals surface area contributed by atoms with Crippen molar-refractivity contribution in [2.24, 2.45) is 0 Å². The number of anilines is 2. The van der Waals surface area contributed by atoms with E-state index in [1.165, 1.54) is 35.2 Å². The second-order valence-electron chi connectivity index (χ2n) is 10.9. The van der Waals surface area contributed by atoms with Gasteiger partial charge < -0.3 is 49.8 Å². The number of H-pyrrole nitrogens is 1. The normalized spacial score (nSPS) is 30.6. The standard InChI is InChI=1S/C23H32N10O12P2/c1-40-16-15(10(5-41-46(2,37)38)44-22(16)32-7-28-11-17(24)26-6-27-18(11)32)45-47(3,39)42-4-9-13(34)14(35)21(43-9)33-8-29-12-19(33)30-23(25)31-20(12)36/h6-10,13-16,21-22,34-35H,4-5H2,1-3H3,(H,37,38)(H2,24,26,27)(H3,25,30,31,36)/t9-,10-,13-,14-,15-,16-,21-,22-,47?/m1/s1. The SMILES string of the molecule is CO[C@@H]1[C@H](OP(C)(=O)OC[C@H]2O[C@@H](n3cnc4c(=O)[nH]c(N)nc43)[C@H](O)[C@@H]2O)[C@@H](COP(C)(=O)O)O[C@H]1n1cnc2c(N)ncnc21. The second-order valence-corrected chi connectivity index (χ2v) is 14.8. The Morgan fingerprint density at radius 2 is 1.57 bits per heavy atom. The van der Waals surface area contributed by atoms with Crippen LogP contribution in [0.5, 0.6) is 0 Å². The summed E-state index contributed by atoms with van der Waals surface area (Å²) in [4.78, 5) is 44.6.